The first-order chi connectivity index (χ1) is 15.1. The van der Waals surface area contributed by atoms with E-state index in [1.54, 1.807) is 23.9 Å². The van der Waals surface area contributed by atoms with Crippen LogP contribution >= 0.6 is 11.8 Å². The highest BCUT2D eigenvalue weighted by Crippen LogP contribution is 2.23. The normalized spacial score (nSPS) is 14.1. The highest BCUT2D eigenvalue weighted by molar-refractivity contribution is 7.99. The quantitative estimate of drug-likeness (QED) is 0.412. The number of rotatable bonds is 7. The number of thioether (sulfide) groups is 1. The molecule has 8 heteroatoms. The van der Waals surface area contributed by atoms with Crippen molar-refractivity contribution >= 4 is 23.4 Å². The van der Waals surface area contributed by atoms with Crippen molar-refractivity contribution in [3.8, 4) is 5.69 Å². The van der Waals surface area contributed by atoms with Gasteiger partial charge in [-0.1, -0.05) is 42.1 Å². The molecular formula is C23H26FN5OS. The van der Waals surface area contributed by atoms with Gasteiger partial charge in [0.25, 0.3) is 0 Å². The maximum absolute atomic E-state index is 14.0. The molecule has 1 saturated heterocycles. The average molecular weight is 440 g/mol. The summed E-state index contributed by atoms with van der Waals surface area (Å²) in [5.74, 6) is 1.59. The van der Waals surface area contributed by atoms with Gasteiger partial charge < -0.3 is 9.80 Å². The molecule has 0 N–H and O–H groups in total. The van der Waals surface area contributed by atoms with Crippen LogP contribution in [0.25, 0.3) is 5.69 Å². The van der Waals surface area contributed by atoms with Crippen LogP contribution in [-0.2, 0) is 4.79 Å². The molecule has 0 radical (unpaired) electrons. The maximum atomic E-state index is 14.0. The number of aryl methyl sites for hydroxylation is 1. The average Bonchev–Trinajstić information content (AvgIpc) is 3.18. The van der Waals surface area contributed by atoms with Crippen LogP contribution in [-0.4, -0.2) is 57.5 Å². The topological polar surface area (TPSA) is 54.3 Å². The van der Waals surface area contributed by atoms with Gasteiger partial charge in [0, 0.05) is 44.0 Å². The molecule has 162 valence electrons. The van der Waals surface area contributed by atoms with E-state index in [1.807, 2.05) is 57.7 Å². The SMILES string of the molecule is Cc1nnc(SCCCC(=O)N2CCN(c3ccccc3F)CC2)n1-c1ccccc1. The van der Waals surface area contributed by atoms with Gasteiger partial charge in [0.1, 0.15) is 11.6 Å². The van der Waals surface area contributed by atoms with Gasteiger partial charge in [0.2, 0.25) is 5.91 Å². The number of piperazine rings is 1. The minimum absolute atomic E-state index is 0.162. The van der Waals surface area contributed by atoms with Crippen molar-refractivity contribution in [3.63, 3.8) is 0 Å². The molecule has 0 spiro atoms. The Kier molecular flexibility index (Phi) is 6.86. The van der Waals surface area contributed by atoms with Gasteiger partial charge in [-0.3, -0.25) is 9.36 Å². The van der Waals surface area contributed by atoms with Crippen molar-refractivity contribution in [1.29, 1.82) is 0 Å². The Balaban J connectivity index is 1.24. The lowest BCUT2D eigenvalue weighted by molar-refractivity contribution is -0.131. The first-order valence-electron chi connectivity index (χ1n) is 10.5. The molecule has 1 fully saturated rings. The van der Waals surface area contributed by atoms with Crippen molar-refractivity contribution in [1.82, 2.24) is 19.7 Å². The lowest BCUT2D eigenvalue weighted by Gasteiger charge is -2.36. The fourth-order valence-corrected chi connectivity index (χ4v) is 4.70. The van der Waals surface area contributed by atoms with E-state index in [0.29, 0.717) is 38.3 Å². The number of hydrogen-bond donors (Lipinski definition) is 0. The molecule has 31 heavy (non-hydrogen) atoms. The second kappa shape index (κ2) is 9.96. The number of benzene rings is 2. The fourth-order valence-electron chi connectivity index (χ4n) is 3.76. The van der Waals surface area contributed by atoms with E-state index >= 15 is 0 Å². The van der Waals surface area contributed by atoms with Crippen LogP contribution in [0.15, 0.2) is 59.8 Å². The molecule has 2 aromatic carbocycles. The highest BCUT2D eigenvalue weighted by atomic mass is 32.2. The minimum atomic E-state index is -0.210. The predicted octanol–water partition coefficient (Wildman–Crippen LogP) is 3.94. The number of anilines is 1. The molecular weight excluding hydrogens is 413 g/mol. The summed E-state index contributed by atoms with van der Waals surface area (Å²) in [5, 5.41) is 9.33. The van der Waals surface area contributed by atoms with E-state index in [4.69, 9.17) is 0 Å². The summed E-state index contributed by atoms with van der Waals surface area (Å²) in [6.07, 6.45) is 1.28. The van der Waals surface area contributed by atoms with Crippen LogP contribution in [0.4, 0.5) is 10.1 Å². The highest BCUT2D eigenvalue weighted by Gasteiger charge is 2.22. The number of para-hydroxylation sites is 2. The zero-order valence-corrected chi connectivity index (χ0v) is 18.4. The summed E-state index contributed by atoms with van der Waals surface area (Å²) in [5.41, 5.74) is 1.65. The molecule has 2 heterocycles. The summed E-state index contributed by atoms with van der Waals surface area (Å²) in [6.45, 7) is 4.50. The van der Waals surface area contributed by atoms with Crippen LogP contribution in [0.3, 0.4) is 0 Å². The Morgan fingerprint density at radius 3 is 2.45 bits per heavy atom. The van der Waals surface area contributed by atoms with Crippen molar-refractivity contribution in [2.75, 3.05) is 36.8 Å². The molecule has 4 rings (SSSR count). The van der Waals surface area contributed by atoms with E-state index < -0.39 is 0 Å². The molecule has 0 bridgehead atoms. The number of nitrogens with zero attached hydrogens (tertiary/aromatic N) is 5. The van der Waals surface area contributed by atoms with Crippen molar-refractivity contribution < 1.29 is 9.18 Å². The Bertz CT molecular complexity index is 1020. The zero-order valence-electron chi connectivity index (χ0n) is 17.6. The molecule has 3 aromatic rings. The predicted molar refractivity (Wildman–Crippen MR) is 121 cm³/mol. The monoisotopic (exact) mass is 439 g/mol. The largest absolute Gasteiger partial charge is 0.366 e. The number of carbonyl (C=O) groups is 1. The smallest absolute Gasteiger partial charge is 0.222 e. The number of aromatic nitrogens is 3. The summed E-state index contributed by atoms with van der Waals surface area (Å²) in [7, 11) is 0. The summed E-state index contributed by atoms with van der Waals surface area (Å²) in [4.78, 5) is 16.5. The fraction of sp³-hybridized carbons (Fsp3) is 0.348. The number of hydrogen-bond acceptors (Lipinski definition) is 5. The van der Waals surface area contributed by atoms with Crippen LogP contribution in [0.2, 0.25) is 0 Å². The molecule has 6 nitrogen and oxygen atoms in total. The molecule has 1 aliphatic rings. The maximum Gasteiger partial charge on any atom is 0.222 e. The van der Waals surface area contributed by atoms with Gasteiger partial charge in [0.15, 0.2) is 5.16 Å². The minimum Gasteiger partial charge on any atom is -0.366 e. The Morgan fingerprint density at radius 1 is 1.00 bits per heavy atom. The molecule has 1 amide bonds. The van der Waals surface area contributed by atoms with Crippen LogP contribution in [0.5, 0.6) is 0 Å². The zero-order chi connectivity index (χ0) is 21.6. The molecule has 0 atom stereocenters. The van der Waals surface area contributed by atoms with Gasteiger partial charge in [-0.05, 0) is 37.6 Å². The van der Waals surface area contributed by atoms with E-state index in [1.165, 1.54) is 6.07 Å². The third kappa shape index (κ3) is 5.07. The van der Waals surface area contributed by atoms with Crippen molar-refractivity contribution in [2.45, 2.75) is 24.9 Å². The van der Waals surface area contributed by atoms with Crippen LogP contribution < -0.4 is 4.90 Å². The van der Waals surface area contributed by atoms with E-state index in [9.17, 15) is 9.18 Å². The molecule has 0 aliphatic carbocycles. The number of amides is 1. The van der Waals surface area contributed by atoms with E-state index in [2.05, 4.69) is 10.2 Å². The third-order valence-electron chi connectivity index (χ3n) is 5.40. The second-order valence-corrected chi connectivity index (χ2v) is 8.53. The summed E-state index contributed by atoms with van der Waals surface area (Å²) < 4.78 is 16.0. The third-order valence-corrected chi connectivity index (χ3v) is 6.42. The second-order valence-electron chi connectivity index (χ2n) is 7.47. The van der Waals surface area contributed by atoms with Crippen molar-refractivity contribution in [2.24, 2.45) is 0 Å². The van der Waals surface area contributed by atoms with Gasteiger partial charge in [-0.2, -0.15) is 0 Å². The van der Waals surface area contributed by atoms with Crippen molar-refractivity contribution in [3.05, 3.63) is 66.2 Å². The Morgan fingerprint density at radius 2 is 1.71 bits per heavy atom. The standard InChI is InChI=1S/C23H26FN5OS/c1-18-25-26-23(29(18)19-8-3-2-4-9-19)31-17-7-12-22(30)28-15-13-27(14-16-28)21-11-6-5-10-20(21)24/h2-6,8-11H,7,12-17H2,1H3. The lowest BCUT2D eigenvalue weighted by Crippen LogP contribution is -2.49. The Hall–Kier alpha value is -2.87. The molecule has 0 saturated carbocycles. The molecule has 1 aromatic heterocycles. The first kappa shape index (κ1) is 21.4. The first-order valence-corrected chi connectivity index (χ1v) is 11.5. The number of carbonyl (C=O) groups excluding carboxylic acids is 1. The molecule has 1 aliphatic heterocycles. The van der Waals surface area contributed by atoms with E-state index in [0.717, 1.165) is 28.8 Å². The van der Waals surface area contributed by atoms with E-state index in [-0.39, 0.29) is 11.7 Å². The summed E-state index contributed by atoms with van der Waals surface area (Å²) in [6, 6.07) is 16.8. The van der Waals surface area contributed by atoms with Gasteiger partial charge in [-0.25, -0.2) is 4.39 Å². The summed E-state index contributed by atoms with van der Waals surface area (Å²) >= 11 is 1.62. The lowest BCUT2D eigenvalue weighted by atomic mass is 10.2. The Labute approximate surface area is 186 Å². The van der Waals surface area contributed by atoms with Crippen LogP contribution in [0.1, 0.15) is 18.7 Å². The van der Waals surface area contributed by atoms with Gasteiger partial charge in [0.05, 0.1) is 5.69 Å². The van der Waals surface area contributed by atoms with Crippen LogP contribution in [0, 0.1) is 12.7 Å². The van der Waals surface area contributed by atoms with Gasteiger partial charge in [-0.15, -0.1) is 10.2 Å². The van der Waals surface area contributed by atoms with Gasteiger partial charge >= 0.3 is 0 Å². The number of halogens is 1. The molecule has 0 unspecified atom stereocenters.